The Kier molecular flexibility index (Phi) is 7.37. The Morgan fingerprint density at radius 1 is 1.32 bits per heavy atom. The maximum Gasteiger partial charge on any atom is 0.257 e. The minimum Gasteiger partial charge on any atom is -0.369 e. The number of nitrogens with zero attached hydrogens (tertiary/aromatic N) is 1. The van der Waals surface area contributed by atoms with Gasteiger partial charge < -0.3 is 16.8 Å². The summed E-state index contributed by atoms with van der Waals surface area (Å²) in [5.74, 6) is 0.656. The molecule has 150 valence electrons. The molecule has 1 aliphatic heterocycles. The first-order valence-corrected chi connectivity index (χ1v) is 9.45. The van der Waals surface area contributed by atoms with E-state index < -0.39 is 5.91 Å². The predicted molar refractivity (Wildman–Crippen MR) is 113 cm³/mol. The van der Waals surface area contributed by atoms with Crippen molar-refractivity contribution in [2.75, 3.05) is 17.6 Å². The number of hydrogen-bond donors (Lipinski definition) is 4. The molecule has 0 bridgehead atoms. The van der Waals surface area contributed by atoms with Crippen LogP contribution in [0, 0.1) is 5.92 Å². The van der Waals surface area contributed by atoms with Crippen molar-refractivity contribution >= 4 is 17.7 Å². The monoisotopic (exact) mass is 383 g/mol. The molecule has 0 saturated heterocycles. The molecule has 0 radical (unpaired) electrons. The SMILES string of the molecule is C=C(C)CC.NC(=O)c1ccc(CC[C@H]2CNc3nc(N)[nH]c(=O)c3C2)cc1. The van der Waals surface area contributed by atoms with Gasteiger partial charge in [-0.05, 0) is 56.2 Å². The first kappa shape index (κ1) is 21.2. The van der Waals surface area contributed by atoms with Crippen LogP contribution < -0.4 is 22.3 Å². The zero-order valence-corrected chi connectivity index (χ0v) is 16.5. The van der Waals surface area contributed by atoms with E-state index in [1.807, 2.05) is 19.1 Å². The van der Waals surface area contributed by atoms with Crippen LogP contribution in [-0.2, 0) is 12.8 Å². The highest BCUT2D eigenvalue weighted by Gasteiger charge is 2.22. The van der Waals surface area contributed by atoms with E-state index in [2.05, 4.69) is 28.8 Å². The van der Waals surface area contributed by atoms with E-state index in [9.17, 15) is 9.59 Å². The van der Waals surface area contributed by atoms with Crippen molar-refractivity contribution in [3.05, 3.63) is 63.5 Å². The third-order valence-electron chi connectivity index (χ3n) is 4.77. The molecular weight excluding hydrogens is 354 g/mol. The van der Waals surface area contributed by atoms with Gasteiger partial charge in [0, 0.05) is 12.1 Å². The number of primary amides is 1. The van der Waals surface area contributed by atoms with E-state index >= 15 is 0 Å². The largest absolute Gasteiger partial charge is 0.369 e. The molecule has 1 amide bonds. The summed E-state index contributed by atoms with van der Waals surface area (Å²) in [5, 5.41) is 3.18. The maximum atomic E-state index is 11.9. The molecule has 2 heterocycles. The molecule has 6 N–H and O–H groups in total. The molecular formula is C21H29N5O2. The van der Waals surface area contributed by atoms with Gasteiger partial charge in [0.25, 0.3) is 5.56 Å². The fourth-order valence-electron chi connectivity index (χ4n) is 2.86. The zero-order chi connectivity index (χ0) is 20.7. The van der Waals surface area contributed by atoms with Gasteiger partial charge in [0.1, 0.15) is 5.82 Å². The van der Waals surface area contributed by atoms with Gasteiger partial charge in [-0.15, -0.1) is 6.58 Å². The van der Waals surface area contributed by atoms with Crippen molar-refractivity contribution < 1.29 is 4.79 Å². The van der Waals surface area contributed by atoms with E-state index in [1.54, 1.807) is 12.1 Å². The molecule has 0 fully saturated rings. The number of fused-ring (bicyclic) bond motifs is 1. The number of nitrogens with two attached hydrogens (primary N) is 2. The summed E-state index contributed by atoms with van der Waals surface area (Å²) in [6, 6.07) is 7.31. The maximum absolute atomic E-state index is 11.9. The third kappa shape index (κ3) is 5.97. The molecule has 7 nitrogen and oxygen atoms in total. The van der Waals surface area contributed by atoms with Gasteiger partial charge in [-0.25, -0.2) is 0 Å². The average molecular weight is 383 g/mol. The van der Waals surface area contributed by atoms with Crippen LogP contribution in [0.2, 0.25) is 0 Å². The van der Waals surface area contributed by atoms with Gasteiger partial charge >= 0.3 is 0 Å². The van der Waals surface area contributed by atoms with Crippen molar-refractivity contribution in [2.45, 2.75) is 39.5 Å². The molecule has 3 rings (SSSR count). The highest BCUT2D eigenvalue weighted by atomic mass is 16.1. The summed E-state index contributed by atoms with van der Waals surface area (Å²) in [4.78, 5) is 29.7. The molecule has 0 unspecified atom stereocenters. The Morgan fingerprint density at radius 2 is 1.96 bits per heavy atom. The second-order valence-corrected chi connectivity index (χ2v) is 7.14. The molecule has 28 heavy (non-hydrogen) atoms. The van der Waals surface area contributed by atoms with Crippen LogP contribution in [0.5, 0.6) is 0 Å². The molecule has 0 saturated carbocycles. The van der Waals surface area contributed by atoms with Gasteiger partial charge in [-0.1, -0.05) is 24.6 Å². The van der Waals surface area contributed by atoms with E-state index in [4.69, 9.17) is 11.5 Å². The number of anilines is 2. The number of H-pyrrole nitrogens is 1. The molecule has 1 aromatic carbocycles. The van der Waals surface area contributed by atoms with E-state index in [0.717, 1.165) is 31.4 Å². The van der Waals surface area contributed by atoms with Crippen LogP contribution in [0.4, 0.5) is 11.8 Å². The summed E-state index contributed by atoms with van der Waals surface area (Å²) in [7, 11) is 0. The van der Waals surface area contributed by atoms with Crippen molar-refractivity contribution in [1.29, 1.82) is 0 Å². The number of nitrogen functional groups attached to an aromatic ring is 1. The number of aromatic nitrogens is 2. The molecule has 2 aromatic rings. The summed E-state index contributed by atoms with van der Waals surface area (Å²) >= 11 is 0. The number of allylic oxidation sites excluding steroid dienone is 1. The molecule has 1 aliphatic rings. The lowest BCUT2D eigenvalue weighted by atomic mass is 9.91. The minimum atomic E-state index is -0.421. The molecule has 0 spiro atoms. The number of rotatable bonds is 5. The van der Waals surface area contributed by atoms with Crippen LogP contribution in [0.1, 0.15) is 48.2 Å². The number of aryl methyl sites for hydroxylation is 1. The van der Waals surface area contributed by atoms with Crippen molar-refractivity contribution in [1.82, 2.24) is 9.97 Å². The lowest BCUT2D eigenvalue weighted by Gasteiger charge is -2.24. The van der Waals surface area contributed by atoms with Gasteiger partial charge in [-0.3, -0.25) is 14.6 Å². The first-order valence-electron chi connectivity index (χ1n) is 9.45. The summed E-state index contributed by atoms with van der Waals surface area (Å²) in [5.41, 5.74) is 14.2. The molecule has 7 heteroatoms. The van der Waals surface area contributed by atoms with Gasteiger partial charge in [0.15, 0.2) is 0 Å². The van der Waals surface area contributed by atoms with Crippen LogP contribution in [-0.4, -0.2) is 22.4 Å². The third-order valence-corrected chi connectivity index (χ3v) is 4.77. The van der Waals surface area contributed by atoms with Crippen molar-refractivity contribution in [3.8, 4) is 0 Å². The number of nitrogens with one attached hydrogen (secondary N) is 2. The fraction of sp³-hybridized carbons (Fsp3) is 0.381. The number of carbonyl (C=O) groups excluding carboxylic acids is 1. The Balaban J connectivity index is 0.000000500. The Bertz CT molecular complexity index is 887. The zero-order valence-electron chi connectivity index (χ0n) is 16.5. The van der Waals surface area contributed by atoms with Crippen molar-refractivity contribution in [2.24, 2.45) is 11.7 Å². The van der Waals surface area contributed by atoms with E-state index in [1.165, 1.54) is 5.57 Å². The quantitative estimate of drug-likeness (QED) is 0.590. The van der Waals surface area contributed by atoms with Gasteiger partial charge in [0.2, 0.25) is 11.9 Å². The number of aromatic amines is 1. The topological polar surface area (TPSA) is 127 Å². The standard InChI is InChI=1S/C16H19N5O2.C5H10/c17-13(22)11-5-3-9(4-6-11)1-2-10-7-12-14(19-8-10)20-16(18)21-15(12)23;1-4-5(2)3/h3-6,10H,1-2,7-8H2,(H2,17,22)(H4,18,19,20,21,23);2,4H2,1,3H3/t10-;/m1./s1. The highest BCUT2D eigenvalue weighted by Crippen LogP contribution is 2.23. The van der Waals surface area contributed by atoms with Crippen LogP contribution in [0.15, 0.2) is 41.2 Å². The number of carbonyl (C=O) groups is 1. The second-order valence-electron chi connectivity index (χ2n) is 7.14. The molecule has 0 aliphatic carbocycles. The van der Waals surface area contributed by atoms with Gasteiger partial charge in [0.05, 0.1) is 5.56 Å². The lowest BCUT2D eigenvalue weighted by Crippen LogP contribution is -2.30. The number of amides is 1. The van der Waals surface area contributed by atoms with Crippen LogP contribution in [0.3, 0.4) is 0 Å². The fourth-order valence-corrected chi connectivity index (χ4v) is 2.86. The molecule has 1 atom stereocenters. The van der Waals surface area contributed by atoms with E-state index in [-0.39, 0.29) is 11.5 Å². The van der Waals surface area contributed by atoms with Gasteiger partial charge in [-0.2, -0.15) is 4.98 Å². The summed E-state index contributed by atoms with van der Waals surface area (Å²) < 4.78 is 0. The smallest absolute Gasteiger partial charge is 0.257 e. The highest BCUT2D eigenvalue weighted by molar-refractivity contribution is 5.92. The second kappa shape index (κ2) is 9.73. The Labute approximate surface area is 165 Å². The predicted octanol–water partition coefficient (Wildman–Crippen LogP) is 2.64. The Morgan fingerprint density at radius 3 is 2.54 bits per heavy atom. The normalized spacial score (nSPS) is 14.9. The van der Waals surface area contributed by atoms with Crippen LogP contribution >= 0.6 is 0 Å². The van der Waals surface area contributed by atoms with E-state index in [0.29, 0.717) is 29.3 Å². The Hall–Kier alpha value is -3.09. The minimum absolute atomic E-state index is 0.134. The van der Waals surface area contributed by atoms with Crippen molar-refractivity contribution in [3.63, 3.8) is 0 Å². The average Bonchev–Trinajstić information content (AvgIpc) is 2.67. The number of benzene rings is 1. The summed E-state index contributed by atoms with van der Waals surface area (Å²) in [6.07, 6.45) is 3.61. The lowest BCUT2D eigenvalue weighted by molar-refractivity contribution is 0.100. The first-order chi connectivity index (χ1) is 13.3. The summed E-state index contributed by atoms with van der Waals surface area (Å²) in [6.45, 7) is 8.57. The van der Waals surface area contributed by atoms with Crippen LogP contribution in [0.25, 0.3) is 0 Å². The number of hydrogen-bond acceptors (Lipinski definition) is 5. The molecule has 1 aromatic heterocycles.